The smallest absolute Gasteiger partial charge is 0.369 e. The molecule has 0 spiro atoms. The Bertz CT molecular complexity index is 4400. The standard InChI is InChI=1S/C20H28F2O10S.C19H26F2O11S.C19H26F2O10S2.C19H28F2O10S/c1-4-19(26,5-2)15-11-8-10-14(15)18(25)32-16(10)17(11)31-13(24)7-6-12(23)30-9(3)20(21,22)33(27,28)29;1-4-18(25,5-2)12-11-13-15(32-17(11)24)16(14(12)31-13)30-10(23)7-6-9(22)29-8(3)19(20,21)33(26,27)28;1-4-18(25,5-2)12-11-15-13(31-17(11)24)14(16(12)32-15)30-10(23)7-6-9(22)29-8(3)19(20,21)33(26,27)28;1-4-18(25,5-2)12-9-14(13-8-11(12)17(24)31-13)30-16(23)7-6-15(22)29-10(3)19(20,21)32(26,27)28/h9-11,14-17,26H,4-8H2,1-3H3,(H,27,28,29);2*8,11-16,25H,4-7H2,1-3H3,(H,26,27,28);10-14,25H,4-9H2,1-3H3,(H,26,27,28)/p-4. The largest absolute Gasteiger partial charge is 0.743 e. The molecule has 748 valence electrons. The molecule has 3 aliphatic carbocycles. The molecule has 11 fully saturated rings. The number of rotatable bonds is 40. The van der Waals surface area contributed by atoms with Gasteiger partial charge in [0.15, 0.2) is 89.3 Å². The fourth-order valence-electron chi connectivity index (χ4n) is 19.3. The Morgan fingerprint density at radius 2 is 0.695 bits per heavy atom. The van der Waals surface area contributed by atoms with E-state index in [-0.39, 0.29) is 29.9 Å². The molecule has 0 aromatic carbocycles. The van der Waals surface area contributed by atoms with Crippen LogP contribution in [0.2, 0.25) is 0 Å². The lowest BCUT2D eigenvalue weighted by molar-refractivity contribution is -0.168. The minimum absolute atomic E-state index is 0.181. The van der Waals surface area contributed by atoms with Crippen molar-refractivity contribution in [3.8, 4) is 0 Å². The van der Waals surface area contributed by atoms with Crippen molar-refractivity contribution in [2.24, 2.45) is 59.2 Å². The van der Waals surface area contributed by atoms with Crippen LogP contribution in [0.15, 0.2) is 0 Å². The number of carbonyl (C=O) groups excluding carboxylic acids is 12. The number of thioether (sulfide) groups is 1. The first-order chi connectivity index (χ1) is 60.2. The molecule has 8 heterocycles. The van der Waals surface area contributed by atoms with E-state index in [0.29, 0.717) is 85.5 Å². The van der Waals surface area contributed by atoms with Crippen LogP contribution in [-0.4, -0.2) is 283 Å². The van der Waals surface area contributed by atoms with Gasteiger partial charge in [0.2, 0.25) is 0 Å². The summed E-state index contributed by atoms with van der Waals surface area (Å²) >= 11 is 1.42. The summed E-state index contributed by atoms with van der Waals surface area (Å²) in [7, 11) is -24.2. The van der Waals surface area contributed by atoms with Crippen molar-refractivity contribution in [2.45, 2.75) is 344 Å². The fraction of sp³-hybridized carbons (Fsp3) is 0.844. The predicted molar refractivity (Wildman–Crippen MR) is 411 cm³/mol. The monoisotopic (exact) mass is 2000 g/mol. The first-order valence-electron chi connectivity index (χ1n) is 42.1. The zero-order valence-corrected chi connectivity index (χ0v) is 76.5. The lowest BCUT2D eigenvalue weighted by Gasteiger charge is -2.41. The maximum atomic E-state index is 13.4. The Balaban J connectivity index is 0.000000215. The van der Waals surface area contributed by atoms with Crippen LogP contribution in [0, 0.1) is 59.2 Å². The van der Waals surface area contributed by atoms with Crippen LogP contribution < -0.4 is 0 Å². The van der Waals surface area contributed by atoms with E-state index < -0.39 is 345 Å². The van der Waals surface area contributed by atoms with Gasteiger partial charge in [0.05, 0.1) is 108 Å². The molecule has 11 aliphatic rings. The van der Waals surface area contributed by atoms with Crippen molar-refractivity contribution >= 4 is 124 Å². The highest BCUT2D eigenvalue weighted by Gasteiger charge is 2.75. The fourth-order valence-corrected chi connectivity index (χ4v) is 23.2. The second-order valence-electron chi connectivity index (χ2n) is 33.9. The van der Waals surface area contributed by atoms with E-state index in [1.165, 1.54) is 11.8 Å². The van der Waals surface area contributed by atoms with Crippen LogP contribution in [0.25, 0.3) is 0 Å². The van der Waals surface area contributed by atoms with Crippen molar-refractivity contribution in [3.63, 3.8) is 0 Å². The predicted octanol–water partition coefficient (Wildman–Crippen LogP) is 3.55. The summed E-state index contributed by atoms with van der Waals surface area (Å²) in [6.45, 7) is 16.5. The number of esters is 12. The van der Waals surface area contributed by atoms with Crippen LogP contribution >= 0.6 is 11.8 Å². The van der Waals surface area contributed by atoms with Crippen molar-refractivity contribution in [2.75, 3.05) is 0 Å². The van der Waals surface area contributed by atoms with Gasteiger partial charge in [-0.05, 0) is 91.9 Å². The van der Waals surface area contributed by atoms with Gasteiger partial charge in [0.1, 0.15) is 36.6 Å². The Labute approximate surface area is 750 Å². The topological polar surface area (TPSA) is 635 Å². The third-order valence-corrected chi connectivity index (χ3v) is 32.7. The van der Waals surface area contributed by atoms with Crippen LogP contribution in [0.4, 0.5) is 35.1 Å². The van der Waals surface area contributed by atoms with Crippen molar-refractivity contribution in [3.05, 3.63) is 0 Å². The molecule has 0 aromatic heterocycles. The molecule has 3 saturated carbocycles. The van der Waals surface area contributed by atoms with E-state index >= 15 is 0 Å². The number of carbonyl (C=O) groups is 12. The third-order valence-electron chi connectivity index (χ3n) is 26.9. The van der Waals surface area contributed by atoms with E-state index in [9.17, 15) is 165 Å². The van der Waals surface area contributed by atoms with E-state index in [1.54, 1.807) is 41.5 Å². The molecule has 26 atom stereocenters. The number of hydrogen-bond acceptors (Lipinski definition) is 42. The highest BCUT2D eigenvalue weighted by molar-refractivity contribution is 8.01. The SMILES string of the molecule is CCC(O)(CC)C1C2CC3C(OC(=O)C31)C2OC(=O)CCC(=O)OC(C)C(F)(F)S(=O)(=O)[O-].CCC(O)(CC)C1C2OC3C(OC(=O)C31)C2OC(=O)CCC(=O)OC(C)C(F)(F)S(=O)(=O)[O-].CCC(O)(CC)C1C2SC3C(OC(=O)C31)C2OC(=O)CCC(=O)OC(C)C(F)(F)S(=O)(=O)[O-].CCC(O)(CC)C1CC(OC(=O)CCC(=O)OC(C)C(F)(F)S(=O)(=O)[O-])C2CC1C(=O)O2. The summed E-state index contributed by atoms with van der Waals surface area (Å²) in [5.41, 5.74) is -4.67. The van der Waals surface area contributed by atoms with Crippen molar-refractivity contribution in [1.29, 1.82) is 0 Å². The molecule has 131 heavy (non-hydrogen) atoms. The average Bonchev–Trinajstić information content (AvgIpc) is 1.55. The Kier molecular flexibility index (Phi) is 33.9. The van der Waals surface area contributed by atoms with E-state index in [0.717, 1.165) is 0 Å². The normalized spacial score (nSPS) is 30.7. The summed E-state index contributed by atoms with van der Waals surface area (Å²) in [5, 5.41) is 24.1. The number of halogens is 8. The molecule has 0 radical (unpaired) electrons. The second-order valence-corrected chi connectivity index (χ2v) is 41.1. The lowest BCUT2D eigenvalue weighted by Crippen LogP contribution is -2.53. The average molecular weight is 2000 g/mol. The van der Waals surface area contributed by atoms with E-state index in [1.807, 2.05) is 13.8 Å². The Morgan fingerprint density at radius 1 is 0.366 bits per heavy atom. The molecule has 4 N–H and O–H groups in total. The quantitative estimate of drug-likeness (QED) is 0.0295. The first-order valence-corrected chi connectivity index (χ1v) is 48.7. The van der Waals surface area contributed by atoms with Crippen LogP contribution in [-0.2, 0) is 160 Å². The summed E-state index contributed by atoms with van der Waals surface area (Å²) in [6.07, 6.45) is -19.2. The molecular formula is C77H104F8O41S5-4. The van der Waals surface area contributed by atoms with Crippen LogP contribution in [0.5, 0.6) is 0 Å². The van der Waals surface area contributed by atoms with E-state index in [2.05, 4.69) is 18.9 Å². The molecule has 26 unspecified atom stereocenters. The van der Waals surface area contributed by atoms with Gasteiger partial charge >= 0.3 is 92.6 Å². The third kappa shape index (κ3) is 22.1. The van der Waals surface area contributed by atoms with Crippen molar-refractivity contribution < 1.29 is 227 Å². The van der Waals surface area contributed by atoms with Gasteiger partial charge < -0.3 is 100 Å². The zero-order valence-electron chi connectivity index (χ0n) is 72.4. The molecule has 54 heteroatoms. The van der Waals surface area contributed by atoms with Gasteiger partial charge in [-0.1, -0.05) is 55.4 Å². The molecule has 8 saturated heterocycles. The van der Waals surface area contributed by atoms with Gasteiger partial charge in [0.25, 0.3) is 0 Å². The summed E-state index contributed by atoms with van der Waals surface area (Å²) < 4.78 is 300. The number of fused-ring (bicyclic) bond motifs is 5. The highest BCUT2D eigenvalue weighted by atomic mass is 32.2. The maximum absolute atomic E-state index is 13.4. The molecule has 41 nitrogen and oxygen atoms in total. The van der Waals surface area contributed by atoms with Crippen LogP contribution in [0.1, 0.15) is 205 Å². The molecule has 11 rings (SSSR count). The number of ether oxygens (including phenoxy) is 13. The number of alkyl halides is 8. The van der Waals surface area contributed by atoms with Gasteiger partial charge in [-0.3, -0.25) is 57.5 Å². The summed E-state index contributed by atoms with van der Waals surface area (Å²) in [5.74, 6) is -15.5. The van der Waals surface area contributed by atoms with Gasteiger partial charge in [0, 0.05) is 41.9 Å². The highest BCUT2D eigenvalue weighted by Crippen LogP contribution is 2.65. The summed E-state index contributed by atoms with van der Waals surface area (Å²) in [4.78, 5) is 145. The van der Waals surface area contributed by atoms with Crippen molar-refractivity contribution in [1.82, 2.24) is 0 Å². The zero-order chi connectivity index (χ0) is 99.3. The minimum Gasteiger partial charge on any atom is -0.743 e. The second kappa shape index (κ2) is 40.7. The van der Waals surface area contributed by atoms with Gasteiger partial charge in [-0.2, -0.15) is 35.1 Å². The lowest BCUT2D eigenvalue weighted by atomic mass is 9.67. The number of hydrogen-bond donors (Lipinski definition) is 4. The summed E-state index contributed by atoms with van der Waals surface area (Å²) in [6, 6.07) is 0. The van der Waals surface area contributed by atoms with Gasteiger partial charge in [-0.15, -0.1) is 11.8 Å². The Morgan fingerprint density at radius 3 is 1.08 bits per heavy atom. The minimum atomic E-state index is -6.06. The molecular weight excluding hydrogens is 1890 g/mol. The molecule has 0 aromatic rings. The molecule has 0 amide bonds. The maximum Gasteiger partial charge on any atom is 0.369 e. The first kappa shape index (κ1) is 109. The Hall–Kier alpha value is -7.13. The van der Waals surface area contributed by atoms with Gasteiger partial charge in [-0.25, -0.2) is 33.7 Å². The van der Waals surface area contributed by atoms with E-state index in [4.69, 9.17) is 42.6 Å². The molecule has 8 bridgehead atoms. The number of aliphatic hydroxyl groups is 4. The van der Waals surface area contributed by atoms with Crippen LogP contribution in [0.3, 0.4) is 0 Å². The molecule has 8 aliphatic heterocycles.